The minimum absolute atomic E-state index is 0.0226. The molecule has 0 unspecified atom stereocenters. The summed E-state index contributed by atoms with van der Waals surface area (Å²) in [5.74, 6) is -3.66. The zero-order valence-corrected chi connectivity index (χ0v) is 17.7. The summed E-state index contributed by atoms with van der Waals surface area (Å²) >= 11 is 3.28. The molecule has 2 aromatic carbocycles. The van der Waals surface area contributed by atoms with Crippen LogP contribution < -0.4 is 14.2 Å². The molecule has 1 aliphatic carbocycles. The van der Waals surface area contributed by atoms with Gasteiger partial charge in [0.1, 0.15) is 17.2 Å². The first-order valence-corrected chi connectivity index (χ1v) is 9.80. The van der Waals surface area contributed by atoms with Crippen molar-refractivity contribution in [2.45, 2.75) is 26.1 Å². The van der Waals surface area contributed by atoms with E-state index in [9.17, 15) is 24.0 Å². The first-order chi connectivity index (χ1) is 14.1. The maximum atomic E-state index is 13.3. The van der Waals surface area contributed by atoms with Crippen molar-refractivity contribution in [1.29, 1.82) is 0 Å². The molecule has 0 saturated carbocycles. The van der Waals surface area contributed by atoms with Gasteiger partial charge in [-0.1, -0.05) is 15.9 Å². The Kier molecular flexibility index (Phi) is 5.84. The van der Waals surface area contributed by atoms with Crippen LogP contribution in [0.25, 0.3) is 0 Å². The van der Waals surface area contributed by atoms with E-state index < -0.39 is 29.5 Å². The van der Waals surface area contributed by atoms with E-state index in [-0.39, 0.29) is 39.5 Å². The van der Waals surface area contributed by atoms with Crippen molar-refractivity contribution in [3.05, 3.63) is 52.1 Å². The van der Waals surface area contributed by atoms with E-state index in [0.717, 1.165) is 6.92 Å². The SMILES string of the molecule is CC(=O)Oc1cc(OC(C)=O)c2c(c1)C(=O)c1cc(CBr)cc(OC(C)=O)c1C2=O. The van der Waals surface area contributed by atoms with Gasteiger partial charge < -0.3 is 14.2 Å². The topological polar surface area (TPSA) is 113 Å². The van der Waals surface area contributed by atoms with Crippen molar-refractivity contribution < 1.29 is 38.2 Å². The Balaban J connectivity index is 2.30. The minimum atomic E-state index is -0.738. The first-order valence-electron chi connectivity index (χ1n) is 8.68. The Morgan fingerprint density at radius 1 is 0.733 bits per heavy atom. The smallest absolute Gasteiger partial charge is 0.308 e. The summed E-state index contributed by atoms with van der Waals surface area (Å²) in [5, 5.41) is 0.342. The van der Waals surface area contributed by atoms with E-state index in [1.165, 1.54) is 38.1 Å². The molecule has 0 amide bonds. The molecule has 0 N–H and O–H groups in total. The zero-order valence-electron chi connectivity index (χ0n) is 16.2. The number of hydrogen-bond acceptors (Lipinski definition) is 8. The molecule has 0 atom stereocenters. The van der Waals surface area contributed by atoms with Gasteiger partial charge in [0, 0.05) is 43.3 Å². The van der Waals surface area contributed by atoms with Crippen LogP contribution >= 0.6 is 15.9 Å². The van der Waals surface area contributed by atoms with E-state index in [1.54, 1.807) is 0 Å². The third-order valence-corrected chi connectivity index (χ3v) is 4.75. The van der Waals surface area contributed by atoms with E-state index in [2.05, 4.69) is 15.9 Å². The van der Waals surface area contributed by atoms with Gasteiger partial charge in [-0.2, -0.15) is 0 Å². The second kappa shape index (κ2) is 8.19. The van der Waals surface area contributed by atoms with Gasteiger partial charge in [0.15, 0.2) is 5.78 Å². The highest BCUT2D eigenvalue weighted by Gasteiger charge is 2.37. The van der Waals surface area contributed by atoms with Gasteiger partial charge in [-0.25, -0.2) is 0 Å². The van der Waals surface area contributed by atoms with Crippen LogP contribution in [0.4, 0.5) is 0 Å². The summed E-state index contributed by atoms with van der Waals surface area (Å²) in [4.78, 5) is 61.0. The molecule has 0 fully saturated rings. The molecular weight excluding hydrogens is 460 g/mol. The number of carbonyl (C=O) groups excluding carboxylic acids is 5. The fourth-order valence-corrected chi connectivity index (χ4v) is 3.46. The van der Waals surface area contributed by atoms with E-state index >= 15 is 0 Å². The molecule has 154 valence electrons. The average Bonchev–Trinajstić information content (AvgIpc) is 2.63. The van der Waals surface area contributed by atoms with Crippen molar-refractivity contribution >= 4 is 45.4 Å². The maximum absolute atomic E-state index is 13.3. The van der Waals surface area contributed by atoms with Crippen LogP contribution in [-0.2, 0) is 19.7 Å². The maximum Gasteiger partial charge on any atom is 0.308 e. The van der Waals surface area contributed by atoms with Crippen molar-refractivity contribution in [2.75, 3.05) is 0 Å². The van der Waals surface area contributed by atoms with Crippen LogP contribution in [-0.4, -0.2) is 29.5 Å². The number of ketones is 2. The number of rotatable bonds is 4. The number of benzene rings is 2. The second-order valence-corrected chi connectivity index (χ2v) is 6.99. The van der Waals surface area contributed by atoms with Gasteiger partial charge in [-0.15, -0.1) is 0 Å². The van der Waals surface area contributed by atoms with Crippen LogP contribution in [0.15, 0.2) is 24.3 Å². The Hall–Kier alpha value is -3.33. The summed E-state index contributed by atoms with van der Waals surface area (Å²) in [7, 11) is 0. The zero-order chi connectivity index (χ0) is 22.2. The van der Waals surface area contributed by atoms with Gasteiger partial charge in [0.2, 0.25) is 5.78 Å². The van der Waals surface area contributed by atoms with E-state index in [0.29, 0.717) is 10.9 Å². The molecule has 0 saturated heterocycles. The summed E-state index contributed by atoms with van der Waals surface area (Å²) < 4.78 is 15.3. The third kappa shape index (κ3) is 4.02. The van der Waals surface area contributed by atoms with Crippen LogP contribution in [0, 0.1) is 0 Å². The van der Waals surface area contributed by atoms with E-state index in [4.69, 9.17) is 14.2 Å². The molecule has 0 radical (unpaired) electrons. The Labute approximate surface area is 179 Å². The third-order valence-electron chi connectivity index (χ3n) is 4.10. The molecule has 0 heterocycles. The minimum Gasteiger partial charge on any atom is -0.427 e. The van der Waals surface area contributed by atoms with Gasteiger partial charge >= 0.3 is 17.9 Å². The molecule has 2 aromatic rings. The Morgan fingerprint density at radius 2 is 1.23 bits per heavy atom. The number of alkyl halides is 1. The van der Waals surface area contributed by atoms with Crippen molar-refractivity contribution in [2.24, 2.45) is 0 Å². The summed E-state index contributed by atoms with van der Waals surface area (Å²) in [6.45, 7) is 3.47. The Bertz CT molecular complexity index is 1130. The normalized spacial score (nSPS) is 12.0. The van der Waals surface area contributed by atoms with Crippen molar-refractivity contribution in [3.8, 4) is 17.2 Å². The van der Waals surface area contributed by atoms with Gasteiger partial charge in [-0.3, -0.25) is 24.0 Å². The molecule has 8 nitrogen and oxygen atoms in total. The highest BCUT2D eigenvalue weighted by Crippen LogP contribution is 2.40. The molecule has 3 rings (SSSR count). The molecule has 30 heavy (non-hydrogen) atoms. The number of fused-ring (bicyclic) bond motifs is 2. The average molecular weight is 475 g/mol. The molecule has 0 spiro atoms. The van der Waals surface area contributed by atoms with Crippen molar-refractivity contribution in [1.82, 2.24) is 0 Å². The fraction of sp³-hybridized carbons (Fsp3) is 0.190. The van der Waals surface area contributed by atoms with Gasteiger partial charge in [-0.05, 0) is 23.8 Å². The largest absolute Gasteiger partial charge is 0.427 e. The van der Waals surface area contributed by atoms with Gasteiger partial charge in [0.05, 0.1) is 11.1 Å². The monoisotopic (exact) mass is 474 g/mol. The predicted molar refractivity (Wildman–Crippen MR) is 106 cm³/mol. The molecule has 0 aliphatic heterocycles. The van der Waals surface area contributed by atoms with Crippen LogP contribution in [0.1, 0.15) is 58.2 Å². The fourth-order valence-electron chi connectivity index (χ4n) is 3.13. The number of esters is 3. The van der Waals surface area contributed by atoms with Crippen LogP contribution in [0.5, 0.6) is 17.2 Å². The standard InChI is InChI=1S/C21H15BrO8/c1-9(23)28-13-6-15-19(17(7-13)30-11(3)25)21(27)18-14(20(15)26)4-12(8-22)5-16(18)29-10(2)24/h4-7H,8H2,1-3H3. The van der Waals surface area contributed by atoms with Gasteiger partial charge in [0.25, 0.3) is 0 Å². The lowest BCUT2D eigenvalue weighted by atomic mass is 9.82. The number of carbonyl (C=O) groups is 5. The molecular formula is C21H15BrO8. The summed E-state index contributed by atoms with van der Waals surface area (Å²) in [5.41, 5.74) is 0.239. The molecule has 0 bridgehead atoms. The molecule has 0 aromatic heterocycles. The lowest BCUT2D eigenvalue weighted by molar-refractivity contribution is -0.133. The second-order valence-electron chi connectivity index (χ2n) is 6.43. The van der Waals surface area contributed by atoms with Crippen LogP contribution in [0.2, 0.25) is 0 Å². The predicted octanol–water partition coefficient (Wildman–Crippen LogP) is 3.13. The number of hydrogen-bond donors (Lipinski definition) is 0. The van der Waals surface area contributed by atoms with Crippen molar-refractivity contribution in [3.63, 3.8) is 0 Å². The quantitative estimate of drug-likeness (QED) is 0.322. The molecule has 9 heteroatoms. The number of ether oxygens (including phenoxy) is 3. The highest BCUT2D eigenvalue weighted by atomic mass is 79.9. The summed E-state index contributed by atoms with van der Waals surface area (Å²) in [6.07, 6.45) is 0. The highest BCUT2D eigenvalue weighted by molar-refractivity contribution is 9.08. The molecule has 1 aliphatic rings. The lowest BCUT2D eigenvalue weighted by Crippen LogP contribution is -2.24. The van der Waals surface area contributed by atoms with Crippen LogP contribution in [0.3, 0.4) is 0 Å². The summed E-state index contributed by atoms with van der Waals surface area (Å²) in [6, 6.07) is 5.39. The number of halogens is 1. The lowest BCUT2D eigenvalue weighted by Gasteiger charge is -2.23. The van der Waals surface area contributed by atoms with E-state index in [1.807, 2.05) is 0 Å². The first kappa shape index (κ1) is 21.4. The Morgan fingerprint density at radius 3 is 1.73 bits per heavy atom.